The van der Waals surface area contributed by atoms with Gasteiger partial charge >= 0.3 is 0 Å². The van der Waals surface area contributed by atoms with Crippen LogP contribution < -0.4 is 9.80 Å². The number of aromatic nitrogens is 2. The van der Waals surface area contributed by atoms with Crippen LogP contribution in [0.5, 0.6) is 0 Å². The van der Waals surface area contributed by atoms with Crippen molar-refractivity contribution in [3.8, 4) is 0 Å². The van der Waals surface area contributed by atoms with Crippen molar-refractivity contribution >= 4 is 11.8 Å². The molecule has 0 radical (unpaired) electrons. The lowest BCUT2D eigenvalue weighted by atomic mass is 9.93. The number of hydrogen-bond acceptors (Lipinski definition) is 7. The molecule has 0 saturated carbocycles. The van der Waals surface area contributed by atoms with E-state index in [9.17, 15) is 5.11 Å². The summed E-state index contributed by atoms with van der Waals surface area (Å²) in [7, 11) is 3.90. The standard InChI is InChI=1S/C16H27N5O2/c1-19(2)15-17-6-3-14(18-15)21-9-7-20(8-10-21)13-16(22)4-11-23-12-5-16/h3,6,22H,4-5,7-13H2,1-2H3. The van der Waals surface area contributed by atoms with Crippen molar-refractivity contribution in [2.24, 2.45) is 0 Å². The van der Waals surface area contributed by atoms with Crippen LogP contribution in [-0.2, 0) is 4.74 Å². The Hall–Kier alpha value is -1.44. The van der Waals surface area contributed by atoms with Crippen molar-refractivity contribution in [1.29, 1.82) is 0 Å². The second kappa shape index (κ2) is 6.98. The van der Waals surface area contributed by atoms with Gasteiger partial charge in [-0.1, -0.05) is 0 Å². The molecule has 1 aromatic rings. The molecule has 0 atom stereocenters. The number of ether oxygens (including phenoxy) is 1. The van der Waals surface area contributed by atoms with Crippen LogP contribution in [-0.4, -0.2) is 85.6 Å². The zero-order chi connectivity index (χ0) is 16.3. The van der Waals surface area contributed by atoms with E-state index in [2.05, 4.69) is 19.8 Å². The fourth-order valence-electron chi connectivity index (χ4n) is 3.19. The molecule has 3 rings (SSSR count). The van der Waals surface area contributed by atoms with Crippen LogP contribution in [0.1, 0.15) is 12.8 Å². The SMILES string of the molecule is CN(C)c1nccc(N2CCN(CC3(O)CCOCC3)CC2)n1. The summed E-state index contributed by atoms with van der Waals surface area (Å²) >= 11 is 0. The number of piperazine rings is 1. The Morgan fingerprint density at radius 1 is 1.22 bits per heavy atom. The Kier molecular flexibility index (Phi) is 4.99. The molecule has 1 N–H and O–H groups in total. The summed E-state index contributed by atoms with van der Waals surface area (Å²) in [6.45, 7) is 5.84. The third-order valence-electron chi connectivity index (χ3n) is 4.67. The van der Waals surface area contributed by atoms with Crippen LogP contribution in [0.2, 0.25) is 0 Å². The monoisotopic (exact) mass is 321 g/mol. The number of aliphatic hydroxyl groups is 1. The largest absolute Gasteiger partial charge is 0.388 e. The number of β-amino-alcohol motifs (C(OH)–C–C–N with tert-alkyl or cyclic N) is 1. The van der Waals surface area contributed by atoms with Crippen LogP contribution in [0.3, 0.4) is 0 Å². The van der Waals surface area contributed by atoms with Crippen molar-refractivity contribution in [3.63, 3.8) is 0 Å². The minimum Gasteiger partial charge on any atom is -0.388 e. The lowest BCUT2D eigenvalue weighted by molar-refractivity contribution is -0.0802. The average Bonchev–Trinajstić information content (AvgIpc) is 2.56. The van der Waals surface area contributed by atoms with Gasteiger partial charge < -0.3 is 19.6 Å². The molecule has 1 aromatic heterocycles. The maximum atomic E-state index is 10.6. The number of rotatable bonds is 4. The smallest absolute Gasteiger partial charge is 0.226 e. The number of nitrogens with zero attached hydrogens (tertiary/aromatic N) is 5. The zero-order valence-electron chi connectivity index (χ0n) is 14.1. The summed E-state index contributed by atoms with van der Waals surface area (Å²) < 4.78 is 5.35. The van der Waals surface area contributed by atoms with E-state index in [4.69, 9.17) is 4.74 Å². The van der Waals surface area contributed by atoms with Gasteiger partial charge in [-0.3, -0.25) is 4.90 Å². The van der Waals surface area contributed by atoms with Crippen LogP contribution in [0, 0.1) is 0 Å². The minimum atomic E-state index is -0.576. The van der Waals surface area contributed by atoms with E-state index in [1.807, 2.05) is 31.3 Å². The fraction of sp³-hybridized carbons (Fsp3) is 0.750. The van der Waals surface area contributed by atoms with Crippen molar-refractivity contribution in [3.05, 3.63) is 12.3 Å². The van der Waals surface area contributed by atoms with Gasteiger partial charge in [-0.05, 0) is 6.07 Å². The Labute approximate surface area is 137 Å². The Bertz CT molecular complexity index is 511. The molecule has 0 aliphatic carbocycles. The Morgan fingerprint density at radius 2 is 1.91 bits per heavy atom. The first kappa shape index (κ1) is 16.4. The maximum Gasteiger partial charge on any atom is 0.226 e. The molecule has 0 aromatic carbocycles. The molecule has 23 heavy (non-hydrogen) atoms. The van der Waals surface area contributed by atoms with E-state index >= 15 is 0 Å². The molecule has 2 aliphatic heterocycles. The number of hydrogen-bond donors (Lipinski definition) is 1. The quantitative estimate of drug-likeness (QED) is 0.850. The third kappa shape index (κ3) is 4.10. The van der Waals surface area contributed by atoms with Gasteiger partial charge in [0.2, 0.25) is 5.95 Å². The van der Waals surface area contributed by atoms with Gasteiger partial charge in [0.1, 0.15) is 5.82 Å². The van der Waals surface area contributed by atoms with Gasteiger partial charge in [-0.2, -0.15) is 4.98 Å². The number of anilines is 2. The van der Waals surface area contributed by atoms with Crippen LogP contribution >= 0.6 is 0 Å². The predicted molar refractivity (Wildman–Crippen MR) is 90.0 cm³/mol. The lowest BCUT2D eigenvalue weighted by Gasteiger charge is -2.41. The summed E-state index contributed by atoms with van der Waals surface area (Å²) in [4.78, 5) is 15.4. The maximum absolute atomic E-state index is 10.6. The van der Waals surface area contributed by atoms with Crippen molar-refractivity contribution in [1.82, 2.24) is 14.9 Å². The van der Waals surface area contributed by atoms with E-state index in [1.54, 1.807) is 0 Å². The van der Waals surface area contributed by atoms with Gasteiger partial charge in [-0.25, -0.2) is 4.98 Å². The lowest BCUT2D eigenvalue weighted by Crippen LogP contribution is -2.53. The summed E-state index contributed by atoms with van der Waals surface area (Å²) in [6, 6.07) is 1.97. The Balaban J connectivity index is 1.55. The topological polar surface area (TPSA) is 65.0 Å². The first-order valence-corrected chi connectivity index (χ1v) is 8.34. The zero-order valence-corrected chi connectivity index (χ0v) is 14.1. The highest BCUT2D eigenvalue weighted by Gasteiger charge is 2.33. The molecule has 0 spiro atoms. The van der Waals surface area contributed by atoms with Crippen LogP contribution in [0.4, 0.5) is 11.8 Å². The van der Waals surface area contributed by atoms with Crippen molar-refractivity contribution < 1.29 is 9.84 Å². The molecule has 128 valence electrons. The van der Waals surface area contributed by atoms with Gasteiger partial charge in [0.15, 0.2) is 0 Å². The van der Waals surface area contributed by atoms with E-state index in [0.29, 0.717) is 13.2 Å². The molecule has 7 nitrogen and oxygen atoms in total. The molecule has 0 bridgehead atoms. The molecule has 2 aliphatic rings. The Morgan fingerprint density at radius 3 is 2.57 bits per heavy atom. The summed E-state index contributed by atoms with van der Waals surface area (Å²) in [5, 5.41) is 10.6. The van der Waals surface area contributed by atoms with E-state index in [1.165, 1.54) is 0 Å². The normalized spacial score (nSPS) is 22.1. The van der Waals surface area contributed by atoms with Crippen LogP contribution in [0.25, 0.3) is 0 Å². The molecular weight excluding hydrogens is 294 g/mol. The van der Waals surface area contributed by atoms with Gasteiger partial charge in [0.05, 0.1) is 5.60 Å². The van der Waals surface area contributed by atoms with Crippen LogP contribution in [0.15, 0.2) is 12.3 Å². The first-order chi connectivity index (χ1) is 11.1. The van der Waals surface area contributed by atoms with E-state index < -0.39 is 5.60 Å². The summed E-state index contributed by atoms with van der Waals surface area (Å²) in [5.41, 5.74) is -0.576. The second-order valence-electron chi connectivity index (χ2n) is 6.71. The van der Waals surface area contributed by atoms with Gasteiger partial charge in [0.25, 0.3) is 0 Å². The van der Waals surface area contributed by atoms with E-state index in [-0.39, 0.29) is 0 Å². The van der Waals surface area contributed by atoms with E-state index in [0.717, 1.165) is 57.3 Å². The molecule has 7 heteroatoms. The summed E-state index contributed by atoms with van der Waals surface area (Å²) in [6.07, 6.45) is 3.30. The summed E-state index contributed by atoms with van der Waals surface area (Å²) in [5.74, 6) is 1.72. The van der Waals surface area contributed by atoms with Gasteiger partial charge in [0, 0.05) is 79.1 Å². The van der Waals surface area contributed by atoms with Crippen molar-refractivity contribution in [2.45, 2.75) is 18.4 Å². The fourth-order valence-corrected chi connectivity index (χ4v) is 3.19. The second-order valence-corrected chi connectivity index (χ2v) is 6.71. The molecule has 2 saturated heterocycles. The minimum absolute atomic E-state index is 0.576. The molecular formula is C16H27N5O2. The highest BCUT2D eigenvalue weighted by Crippen LogP contribution is 2.23. The highest BCUT2D eigenvalue weighted by molar-refractivity contribution is 5.43. The predicted octanol–water partition coefficient (Wildman–Crippen LogP) is 0.206. The molecule has 0 unspecified atom stereocenters. The van der Waals surface area contributed by atoms with Gasteiger partial charge in [-0.15, -0.1) is 0 Å². The average molecular weight is 321 g/mol. The molecule has 3 heterocycles. The molecule has 2 fully saturated rings. The third-order valence-corrected chi connectivity index (χ3v) is 4.67. The first-order valence-electron chi connectivity index (χ1n) is 8.34. The van der Waals surface area contributed by atoms with Crippen molar-refractivity contribution in [2.75, 3.05) is 69.8 Å². The molecule has 0 amide bonds. The highest BCUT2D eigenvalue weighted by atomic mass is 16.5.